The molecule has 0 saturated heterocycles. The maximum absolute atomic E-state index is 12.1. The van der Waals surface area contributed by atoms with Crippen LogP contribution in [0.25, 0.3) is 0 Å². The van der Waals surface area contributed by atoms with Gasteiger partial charge in [-0.2, -0.15) is 0 Å². The first-order valence-corrected chi connectivity index (χ1v) is 13.5. The van der Waals surface area contributed by atoms with Gasteiger partial charge >= 0.3 is 5.97 Å². The largest absolute Gasteiger partial charge is 0.546 e. The molecule has 2 rings (SSSR count). The summed E-state index contributed by atoms with van der Waals surface area (Å²) >= 11 is 3.45. The molecule has 0 amide bonds. The van der Waals surface area contributed by atoms with Gasteiger partial charge in [-0.3, -0.25) is 4.79 Å². The number of hydrogen-bond donors (Lipinski definition) is 2. The average molecular weight is 484 g/mol. The Balaban J connectivity index is 2.54. The van der Waals surface area contributed by atoms with Crippen molar-refractivity contribution in [2.24, 2.45) is 11.8 Å². The second-order valence-corrected chi connectivity index (χ2v) is 15.4. The molecule has 0 bridgehead atoms. The molecule has 29 heavy (non-hydrogen) atoms. The lowest BCUT2D eigenvalue weighted by Gasteiger charge is -2.45. The number of hydrogen-bond acceptors (Lipinski definition) is 3. The molecule has 3 atom stereocenters. The van der Waals surface area contributed by atoms with Gasteiger partial charge in [0.2, 0.25) is 0 Å². The van der Waals surface area contributed by atoms with Gasteiger partial charge < -0.3 is 14.6 Å². The van der Waals surface area contributed by atoms with Gasteiger partial charge in [0, 0.05) is 29.3 Å². The van der Waals surface area contributed by atoms with Gasteiger partial charge in [0.25, 0.3) is 8.32 Å². The third-order valence-corrected chi connectivity index (χ3v) is 13.1. The first-order chi connectivity index (χ1) is 13.5. The van der Waals surface area contributed by atoms with Crippen LogP contribution in [0.2, 0.25) is 16.6 Å². The lowest BCUT2D eigenvalue weighted by atomic mass is 9.72. The van der Waals surface area contributed by atoms with Crippen LogP contribution in [0.15, 0.2) is 40.6 Å². The molecular formula is C23H35BrO4Si. The Morgan fingerprint density at radius 1 is 1.10 bits per heavy atom. The summed E-state index contributed by atoms with van der Waals surface area (Å²) in [5.74, 6) is -1.36. The zero-order chi connectivity index (χ0) is 21.9. The van der Waals surface area contributed by atoms with Gasteiger partial charge in [-0.15, -0.1) is 0 Å². The van der Waals surface area contributed by atoms with Crippen molar-refractivity contribution in [1.29, 1.82) is 0 Å². The molecule has 1 aromatic rings. The number of aliphatic carboxylic acids is 1. The maximum atomic E-state index is 12.1. The van der Waals surface area contributed by atoms with E-state index in [0.717, 1.165) is 15.8 Å². The quantitative estimate of drug-likeness (QED) is 0.425. The van der Waals surface area contributed by atoms with Crippen molar-refractivity contribution >= 4 is 30.2 Å². The number of rotatable bonds is 8. The highest BCUT2D eigenvalue weighted by molar-refractivity contribution is 9.10. The van der Waals surface area contributed by atoms with Crippen molar-refractivity contribution in [3.05, 3.63) is 46.1 Å². The van der Waals surface area contributed by atoms with Crippen molar-refractivity contribution in [1.82, 2.24) is 0 Å². The average Bonchev–Trinajstić information content (AvgIpc) is 2.64. The standard InChI is InChI=1S/C23H35BrO4Si/c1-14(2)29(15(3)4,16(5)6)28-20-11-18(13-25)22(23(26)27)21(12-20)17-7-9-19(24)10-8-17/h7-10,12,14-16,18,21-22,25H,11,13H2,1-6H3,(H,26,27)/t18-,21+,22+/m1/s1. The molecular weight excluding hydrogens is 448 g/mol. The zero-order valence-corrected chi connectivity index (χ0v) is 20.9. The Morgan fingerprint density at radius 3 is 2.03 bits per heavy atom. The van der Waals surface area contributed by atoms with E-state index < -0.39 is 20.2 Å². The molecule has 1 aliphatic carbocycles. The van der Waals surface area contributed by atoms with Crippen molar-refractivity contribution in [2.75, 3.05) is 6.61 Å². The molecule has 1 aliphatic rings. The van der Waals surface area contributed by atoms with Crippen LogP contribution >= 0.6 is 15.9 Å². The lowest BCUT2D eigenvalue weighted by Crippen LogP contribution is -2.48. The number of carboxylic acid groups (broad SMARTS) is 1. The number of carboxylic acids is 1. The molecule has 0 aromatic heterocycles. The number of halogens is 1. The van der Waals surface area contributed by atoms with E-state index in [9.17, 15) is 15.0 Å². The SMILES string of the molecule is CC(C)[Si](OC1=C[C@@H](c2ccc(Br)cc2)[C@@H](C(=O)O)[C@@H](CO)C1)(C(C)C)C(C)C. The minimum atomic E-state index is -2.15. The fourth-order valence-corrected chi connectivity index (χ4v) is 10.8. The van der Waals surface area contributed by atoms with Gasteiger partial charge in [0.1, 0.15) is 0 Å². The predicted molar refractivity (Wildman–Crippen MR) is 123 cm³/mol. The molecule has 0 aliphatic heterocycles. The molecule has 1 aromatic carbocycles. The highest BCUT2D eigenvalue weighted by atomic mass is 79.9. The Labute approximate surface area is 184 Å². The topological polar surface area (TPSA) is 66.8 Å². The van der Waals surface area contributed by atoms with Crippen LogP contribution in [-0.4, -0.2) is 31.1 Å². The summed E-state index contributed by atoms with van der Waals surface area (Å²) in [6, 6.07) is 7.77. The van der Waals surface area contributed by atoms with Crippen LogP contribution in [0.4, 0.5) is 0 Å². The fourth-order valence-electron chi connectivity index (χ4n) is 5.23. The van der Waals surface area contributed by atoms with Crippen LogP contribution in [0.5, 0.6) is 0 Å². The second kappa shape index (κ2) is 9.80. The Bertz CT molecular complexity index is 705. The van der Waals surface area contributed by atoms with Crippen LogP contribution in [0.3, 0.4) is 0 Å². The van der Waals surface area contributed by atoms with Crippen LogP contribution in [0, 0.1) is 11.8 Å². The normalized spacial score (nSPS) is 22.9. The summed E-state index contributed by atoms with van der Waals surface area (Å²) in [6.07, 6.45) is 2.49. The summed E-state index contributed by atoms with van der Waals surface area (Å²) in [5.41, 5.74) is 2.23. The fraction of sp³-hybridized carbons (Fsp3) is 0.609. The van der Waals surface area contributed by atoms with Crippen LogP contribution in [-0.2, 0) is 9.22 Å². The van der Waals surface area contributed by atoms with Crippen molar-refractivity contribution < 1.29 is 19.4 Å². The maximum Gasteiger partial charge on any atom is 0.307 e. The Morgan fingerprint density at radius 2 is 1.62 bits per heavy atom. The minimum absolute atomic E-state index is 0.162. The lowest BCUT2D eigenvalue weighted by molar-refractivity contribution is -0.145. The van der Waals surface area contributed by atoms with Crippen molar-refractivity contribution in [2.45, 2.75) is 70.5 Å². The molecule has 0 unspecified atom stereocenters. The number of aliphatic hydroxyl groups excluding tert-OH is 1. The smallest absolute Gasteiger partial charge is 0.307 e. The first-order valence-electron chi connectivity index (χ1n) is 10.5. The van der Waals surface area contributed by atoms with Crippen molar-refractivity contribution in [3.63, 3.8) is 0 Å². The van der Waals surface area contributed by atoms with Gasteiger partial charge in [-0.1, -0.05) is 69.6 Å². The van der Waals surface area contributed by atoms with Gasteiger partial charge in [0.05, 0.1) is 11.7 Å². The van der Waals surface area contributed by atoms with Crippen molar-refractivity contribution in [3.8, 4) is 0 Å². The number of benzene rings is 1. The molecule has 0 radical (unpaired) electrons. The van der Waals surface area contributed by atoms with E-state index in [4.69, 9.17) is 4.43 Å². The molecule has 4 nitrogen and oxygen atoms in total. The van der Waals surface area contributed by atoms with E-state index in [1.165, 1.54) is 0 Å². The zero-order valence-electron chi connectivity index (χ0n) is 18.4. The number of allylic oxidation sites excluding steroid dienone is 2. The molecule has 2 N–H and O–H groups in total. The molecule has 0 saturated carbocycles. The Kier molecular flexibility index (Phi) is 8.16. The summed E-state index contributed by atoms with van der Waals surface area (Å²) in [4.78, 5) is 12.1. The summed E-state index contributed by atoms with van der Waals surface area (Å²) in [6.45, 7) is 13.3. The molecule has 0 spiro atoms. The third-order valence-electron chi connectivity index (χ3n) is 6.51. The monoisotopic (exact) mass is 482 g/mol. The van der Waals surface area contributed by atoms with Gasteiger partial charge in [-0.05, 0) is 40.4 Å². The summed E-state index contributed by atoms with van der Waals surface area (Å²) in [7, 11) is -2.15. The summed E-state index contributed by atoms with van der Waals surface area (Å²) in [5, 5.41) is 19.9. The highest BCUT2D eigenvalue weighted by Crippen LogP contribution is 2.47. The van der Waals surface area contributed by atoms with Gasteiger partial charge in [0.15, 0.2) is 0 Å². The number of aliphatic hydroxyl groups is 1. The van der Waals surface area contributed by atoms with Gasteiger partial charge in [-0.25, -0.2) is 0 Å². The molecule has 6 heteroatoms. The molecule has 0 fully saturated rings. The molecule has 0 heterocycles. The Hall–Kier alpha value is -1.11. The van der Waals surface area contributed by atoms with E-state index in [1.54, 1.807) is 0 Å². The van der Waals surface area contributed by atoms with E-state index >= 15 is 0 Å². The van der Waals surface area contributed by atoms with E-state index in [2.05, 4.69) is 57.5 Å². The van der Waals surface area contributed by atoms with Crippen LogP contribution < -0.4 is 0 Å². The minimum Gasteiger partial charge on any atom is -0.546 e. The highest BCUT2D eigenvalue weighted by Gasteiger charge is 2.49. The van der Waals surface area contributed by atoms with E-state index in [0.29, 0.717) is 23.0 Å². The summed E-state index contributed by atoms with van der Waals surface area (Å²) < 4.78 is 7.84. The first kappa shape index (κ1) is 24.2. The molecule has 162 valence electrons. The van der Waals surface area contributed by atoms with E-state index in [-0.39, 0.29) is 18.4 Å². The van der Waals surface area contributed by atoms with Crippen LogP contribution in [0.1, 0.15) is 59.4 Å². The number of carbonyl (C=O) groups is 1. The van der Waals surface area contributed by atoms with E-state index in [1.807, 2.05) is 30.3 Å². The third kappa shape index (κ3) is 4.97. The second-order valence-electron chi connectivity index (χ2n) is 9.14. The predicted octanol–water partition coefficient (Wildman–Crippen LogP) is 6.32.